The van der Waals surface area contributed by atoms with Crippen molar-refractivity contribution in [3.63, 3.8) is 0 Å². The van der Waals surface area contributed by atoms with E-state index in [4.69, 9.17) is 16.7 Å². The van der Waals surface area contributed by atoms with E-state index in [-0.39, 0.29) is 11.5 Å². The zero-order valence-corrected chi connectivity index (χ0v) is 13.0. The van der Waals surface area contributed by atoms with E-state index in [0.717, 1.165) is 12.8 Å². The number of hydrogen-bond donors (Lipinski definition) is 2. The lowest BCUT2D eigenvalue weighted by atomic mass is 10.0. The lowest BCUT2D eigenvalue weighted by Gasteiger charge is -2.25. The third-order valence-electron chi connectivity index (χ3n) is 2.78. The van der Waals surface area contributed by atoms with Crippen molar-refractivity contribution < 1.29 is 13.5 Å². The first kappa shape index (κ1) is 16.4. The van der Waals surface area contributed by atoms with E-state index in [9.17, 15) is 8.42 Å². The summed E-state index contributed by atoms with van der Waals surface area (Å²) in [7, 11) is -3.61. The van der Waals surface area contributed by atoms with Crippen molar-refractivity contribution >= 4 is 21.6 Å². The third kappa shape index (κ3) is 4.45. The lowest BCUT2D eigenvalue weighted by Crippen LogP contribution is -2.43. The third-order valence-corrected chi connectivity index (χ3v) is 4.85. The first-order valence-electron chi connectivity index (χ1n) is 6.15. The highest BCUT2D eigenvalue weighted by Crippen LogP contribution is 2.22. The van der Waals surface area contributed by atoms with Crippen molar-refractivity contribution in [3.05, 3.63) is 28.8 Å². The Labute approximate surface area is 119 Å². The summed E-state index contributed by atoms with van der Waals surface area (Å²) in [6, 6.07) is 4.31. The van der Waals surface area contributed by atoms with Gasteiger partial charge in [0.05, 0.1) is 11.5 Å². The molecule has 0 amide bonds. The second kappa shape index (κ2) is 6.22. The van der Waals surface area contributed by atoms with Crippen molar-refractivity contribution in [1.82, 2.24) is 4.72 Å². The molecule has 4 nitrogen and oxygen atoms in total. The largest absolute Gasteiger partial charge is 0.392 e. The fourth-order valence-corrected chi connectivity index (χ4v) is 3.61. The fourth-order valence-electron chi connectivity index (χ4n) is 1.94. The maximum Gasteiger partial charge on any atom is 0.241 e. The molecule has 1 aromatic rings. The number of benzene rings is 1. The summed E-state index contributed by atoms with van der Waals surface area (Å²) in [5.74, 6) is 0. The zero-order chi connectivity index (χ0) is 14.7. The van der Waals surface area contributed by atoms with Gasteiger partial charge in [-0.3, -0.25) is 0 Å². The second-order valence-electron chi connectivity index (χ2n) is 5.15. The molecule has 108 valence electrons. The molecular formula is C13H20ClNO3S. The highest BCUT2D eigenvalue weighted by Gasteiger charge is 2.25. The molecule has 0 unspecified atom stereocenters. The molecule has 0 spiro atoms. The minimum absolute atomic E-state index is 0.116. The first-order chi connectivity index (χ1) is 8.72. The van der Waals surface area contributed by atoms with Crippen LogP contribution in [0, 0.1) is 0 Å². The number of sulfonamides is 1. The van der Waals surface area contributed by atoms with E-state index >= 15 is 0 Å². The predicted octanol–water partition coefficient (Wildman–Crippen LogP) is 2.69. The topological polar surface area (TPSA) is 66.4 Å². The number of rotatable bonds is 6. The van der Waals surface area contributed by atoms with Gasteiger partial charge in [0.2, 0.25) is 10.0 Å². The molecule has 0 aliphatic rings. The Hall–Kier alpha value is -0.620. The van der Waals surface area contributed by atoms with Crippen LogP contribution in [0.25, 0.3) is 0 Å². The Morgan fingerprint density at radius 2 is 2.00 bits per heavy atom. The normalized spacial score (nSPS) is 12.7. The number of halogens is 1. The molecule has 6 heteroatoms. The van der Waals surface area contributed by atoms with E-state index in [2.05, 4.69) is 4.72 Å². The first-order valence-corrected chi connectivity index (χ1v) is 8.01. The molecule has 0 bridgehead atoms. The van der Waals surface area contributed by atoms with E-state index in [1.165, 1.54) is 18.2 Å². The minimum atomic E-state index is -3.61. The summed E-state index contributed by atoms with van der Waals surface area (Å²) in [6.45, 7) is 5.40. The maximum absolute atomic E-state index is 12.3. The van der Waals surface area contributed by atoms with Gasteiger partial charge in [-0.2, -0.15) is 0 Å². The van der Waals surface area contributed by atoms with Crippen molar-refractivity contribution in [2.24, 2.45) is 0 Å². The van der Waals surface area contributed by atoms with E-state index in [1.807, 2.05) is 20.8 Å². The van der Waals surface area contributed by atoms with E-state index in [1.54, 1.807) is 0 Å². The number of aliphatic hydroxyl groups is 1. The van der Waals surface area contributed by atoms with Crippen molar-refractivity contribution in [1.29, 1.82) is 0 Å². The number of hydrogen-bond acceptors (Lipinski definition) is 3. The average Bonchev–Trinajstić information content (AvgIpc) is 2.27. The van der Waals surface area contributed by atoms with Crippen LogP contribution < -0.4 is 4.72 Å². The van der Waals surface area contributed by atoms with Crippen LogP contribution in [-0.4, -0.2) is 19.1 Å². The second-order valence-corrected chi connectivity index (χ2v) is 7.24. The van der Waals surface area contributed by atoms with Gasteiger partial charge in [0.25, 0.3) is 0 Å². The molecule has 0 radical (unpaired) electrons. The van der Waals surface area contributed by atoms with Crippen LogP contribution >= 0.6 is 11.6 Å². The average molecular weight is 306 g/mol. The Morgan fingerprint density at radius 3 is 2.53 bits per heavy atom. The van der Waals surface area contributed by atoms with E-state index < -0.39 is 15.6 Å². The summed E-state index contributed by atoms with van der Waals surface area (Å²) in [6.07, 6.45) is 1.63. The number of nitrogens with one attached hydrogen (secondary N) is 1. The highest BCUT2D eigenvalue weighted by atomic mass is 35.5. The summed E-state index contributed by atoms with van der Waals surface area (Å²) < 4.78 is 27.2. The standard InChI is InChI=1S/C13H20ClNO3S/c1-4-7-13(2,3)15-19(17,18)11-5-6-12(14)10(8-11)9-16/h5-6,8,15-16H,4,7,9H2,1-3H3. The summed E-state index contributed by atoms with van der Waals surface area (Å²) >= 11 is 5.85. The van der Waals surface area contributed by atoms with Crippen LogP contribution in [0.5, 0.6) is 0 Å². The van der Waals surface area contributed by atoms with Gasteiger partial charge >= 0.3 is 0 Å². The predicted molar refractivity (Wildman–Crippen MR) is 76.7 cm³/mol. The molecule has 0 saturated carbocycles. The molecule has 0 aliphatic carbocycles. The van der Waals surface area contributed by atoms with Crippen LogP contribution in [-0.2, 0) is 16.6 Å². The Kier molecular flexibility index (Phi) is 5.38. The van der Waals surface area contributed by atoms with Crippen molar-refractivity contribution in [2.45, 2.75) is 50.7 Å². The molecule has 2 N–H and O–H groups in total. The zero-order valence-electron chi connectivity index (χ0n) is 11.4. The number of aliphatic hydroxyl groups excluding tert-OH is 1. The molecule has 0 fully saturated rings. The van der Waals surface area contributed by atoms with Crippen LogP contribution in [0.2, 0.25) is 5.02 Å². The molecular weight excluding hydrogens is 286 g/mol. The summed E-state index contributed by atoms with van der Waals surface area (Å²) in [4.78, 5) is 0.116. The monoisotopic (exact) mass is 305 g/mol. The SMILES string of the molecule is CCCC(C)(C)NS(=O)(=O)c1ccc(Cl)c(CO)c1. The summed E-state index contributed by atoms with van der Waals surface area (Å²) in [5.41, 5.74) is -0.107. The Morgan fingerprint density at radius 1 is 1.37 bits per heavy atom. The van der Waals surface area contributed by atoms with Gasteiger partial charge < -0.3 is 5.11 Å². The van der Waals surface area contributed by atoms with Crippen LogP contribution in [0.3, 0.4) is 0 Å². The minimum Gasteiger partial charge on any atom is -0.392 e. The van der Waals surface area contributed by atoms with Gasteiger partial charge in [0.15, 0.2) is 0 Å². The van der Waals surface area contributed by atoms with Gasteiger partial charge in [-0.25, -0.2) is 13.1 Å². The van der Waals surface area contributed by atoms with Crippen molar-refractivity contribution in [3.8, 4) is 0 Å². The molecule has 1 aromatic carbocycles. The van der Waals surface area contributed by atoms with Gasteiger partial charge in [-0.1, -0.05) is 24.9 Å². The van der Waals surface area contributed by atoms with Gasteiger partial charge in [0, 0.05) is 10.6 Å². The summed E-state index contributed by atoms with van der Waals surface area (Å²) in [5, 5.41) is 9.48. The maximum atomic E-state index is 12.3. The fraction of sp³-hybridized carbons (Fsp3) is 0.538. The lowest BCUT2D eigenvalue weighted by molar-refractivity contribution is 0.281. The Bertz CT molecular complexity index is 541. The molecule has 0 aliphatic heterocycles. The quantitative estimate of drug-likeness (QED) is 0.849. The van der Waals surface area contributed by atoms with Gasteiger partial charge in [-0.05, 0) is 44.0 Å². The van der Waals surface area contributed by atoms with Gasteiger partial charge in [0.1, 0.15) is 0 Å². The molecule has 0 saturated heterocycles. The smallest absolute Gasteiger partial charge is 0.241 e. The van der Waals surface area contributed by atoms with E-state index in [0.29, 0.717) is 10.6 Å². The van der Waals surface area contributed by atoms with Crippen LogP contribution in [0.4, 0.5) is 0 Å². The molecule has 1 rings (SSSR count). The van der Waals surface area contributed by atoms with Gasteiger partial charge in [-0.15, -0.1) is 0 Å². The van der Waals surface area contributed by atoms with Crippen LogP contribution in [0.15, 0.2) is 23.1 Å². The molecule has 0 aromatic heterocycles. The molecule has 0 heterocycles. The molecule has 19 heavy (non-hydrogen) atoms. The highest BCUT2D eigenvalue weighted by molar-refractivity contribution is 7.89. The van der Waals surface area contributed by atoms with Crippen LogP contribution in [0.1, 0.15) is 39.2 Å². The molecule has 0 atom stereocenters. The Balaban J connectivity index is 3.07. The van der Waals surface area contributed by atoms with Crippen molar-refractivity contribution in [2.75, 3.05) is 0 Å².